The molecule has 0 atom stereocenters. The van der Waals surface area contributed by atoms with E-state index in [0.29, 0.717) is 16.9 Å². The molecule has 1 saturated carbocycles. The molecule has 0 unspecified atom stereocenters. The first-order valence-corrected chi connectivity index (χ1v) is 10.7. The largest absolute Gasteiger partial charge is 0.323 e. The normalized spacial score (nSPS) is 21.5. The minimum absolute atomic E-state index is 0.0848. The van der Waals surface area contributed by atoms with E-state index in [9.17, 15) is 18.4 Å². The van der Waals surface area contributed by atoms with E-state index in [4.69, 9.17) is 0 Å². The topological polar surface area (TPSA) is 65.5 Å². The molecule has 3 amide bonds. The molecule has 8 heteroatoms. The van der Waals surface area contributed by atoms with Crippen LogP contribution in [0.25, 0.3) is 11.1 Å². The van der Waals surface area contributed by atoms with Gasteiger partial charge in [0.2, 0.25) is 5.91 Å². The summed E-state index contributed by atoms with van der Waals surface area (Å²) in [4.78, 5) is 33.1. The lowest BCUT2D eigenvalue weighted by Crippen LogP contribution is -2.42. The summed E-state index contributed by atoms with van der Waals surface area (Å²) in [6.07, 6.45) is 4.58. The molecule has 2 aromatic rings. The van der Waals surface area contributed by atoms with E-state index in [2.05, 4.69) is 10.3 Å². The average molecular weight is 428 g/mol. The number of carbonyl (C=O) groups is 2. The summed E-state index contributed by atoms with van der Waals surface area (Å²) in [7, 11) is 0. The Morgan fingerprint density at radius 2 is 1.77 bits per heavy atom. The highest BCUT2D eigenvalue weighted by molar-refractivity contribution is 5.91. The van der Waals surface area contributed by atoms with E-state index in [-0.39, 0.29) is 23.9 Å². The SMILES string of the molecule is CCN1CCN(C2CCC(C(=O)Nc3ccc(-c4cc(F)cc(F)c4)cn3)CC2)C1=O. The van der Waals surface area contributed by atoms with Crippen LogP contribution in [0.1, 0.15) is 32.6 Å². The van der Waals surface area contributed by atoms with E-state index in [1.165, 1.54) is 18.3 Å². The number of halogens is 2. The Morgan fingerprint density at radius 3 is 2.35 bits per heavy atom. The smallest absolute Gasteiger partial charge is 0.320 e. The second kappa shape index (κ2) is 8.99. The van der Waals surface area contributed by atoms with Crippen molar-refractivity contribution >= 4 is 17.8 Å². The van der Waals surface area contributed by atoms with E-state index in [0.717, 1.165) is 51.4 Å². The van der Waals surface area contributed by atoms with Gasteiger partial charge in [0, 0.05) is 49.4 Å². The summed E-state index contributed by atoms with van der Waals surface area (Å²) in [5.41, 5.74) is 0.951. The van der Waals surface area contributed by atoms with Gasteiger partial charge in [0.1, 0.15) is 17.5 Å². The lowest BCUT2D eigenvalue weighted by Gasteiger charge is -2.33. The highest BCUT2D eigenvalue weighted by Gasteiger charge is 2.36. The van der Waals surface area contributed by atoms with Gasteiger partial charge in [0.05, 0.1) is 0 Å². The number of likely N-dealkylation sites (N-methyl/N-ethyl adjacent to an activating group) is 1. The monoisotopic (exact) mass is 428 g/mol. The molecule has 0 spiro atoms. The Labute approximate surface area is 180 Å². The summed E-state index contributed by atoms with van der Waals surface area (Å²) in [6, 6.07) is 6.91. The van der Waals surface area contributed by atoms with Crippen LogP contribution in [0, 0.1) is 17.6 Å². The van der Waals surface area contributed by atoms with Crippen LogP contribution in [0.4, 0.5) is 19.4 Å². The van der Waals surface area contributed by atoms with Gasteiger partial charge >= 0.3 is 6.03 Å². The van der Waals surface area contributed by atoms with Crippen molar-refractivity contribution in [2.24, 2.45) is 5.92 Å². The first-order chi connectivity index (χ1) is 14.9. The van der Waals surface area contributed by atoms with Gasteiger partial charge in [-0.1, -0.05) is 0 Å². The summed E-state index contributed by atoms with van der Waals surface area (Å²) < 4.78 is 26.8. The Kier molecular flexibility index (Phi) is 6.15. The number of anilines is 1. The van der Waals surface area contributed by atoms with Gasteiger partial charge in [-0.25, -0.2) is 18.6 Å². The first kappa shape index (κ1) is 21.2. The maximum Gasteiger partial charge on any atom is 0.320 e. The van der Waals surface area contributed by atoms with Gasteiger partial charge < -0.3 is 15.1 Å². The number of rotatable bonds is 5. The van der Waals surface area contributed by atoms with Crippen molar-refractivity contribution < 1.29 is 18.4 Å². The number of hydrogen-bond donors (Lipinski definition) is 1. The second-order valence-corrected chi connectivity index (χ2v) is 8.14. The summed E-state index contributed by atoms with van der Waals surface area (Å²) in [5.74, 6) is -1.10. The van der Waals surface area contributed by atoms with Gasteiger partial charge in [-0.2, -0.15) is 0 Å². The Balaban J connectivity index is 1.31. The molecule has 2 fully saturated rings. The molecule has 1 aliphatic heterocycles. The zero-order chi connectivity index (χ0) is 22.0. The average Bonchev–Trinajstić information content (AvgIpc) is 3.14. The maximum atomic E-state index is 13.4. The van der Waals surface area contributed by atoms with E-state index in [1.807, 2.05) is 16.7 Å². The van der Waals surface area contributed by atoms with Crippen molar-refractivity contribution in [1.29, 1.82) is 0 Å². The molecule has 2 aliphatic rings. The number of amides is 3. The van der Waals surface area contributed by atoms with Crippen LogP contribution in [-0.2, 0) is 4.79 Å². The molecule has 0 bridgehead atoms. The van der Waals surface area contributed by atoms with Crippen molar-refractivity contribution in [2.45, 2.75) is 38.6 Å². The molecule has 1 N–H and O–H groups in total. The van der Waals surface area contributed by atoms with Crippen LogP contribution in [-0.4, -0.2) is 52.4 Å². The van der Waals surface area contributed by atoms with Gasteiger partial charge in [-0.15, -0.1) is 0 Å². The lowest BCUT2D eigenvalue weighted by molar-refractivity contribution is -0.121. The first-order valence-electron chi connectivity index (χ1n) is 10.7. The second-order valence-electron chi connectivity index (χ2n) is 8.14. The van der Waals surface area contributed by atoms with Crippen molar-refractivity contribution in [3.63, 3.8) is 0 Å². The standard InChI is InChI=1S/C23H26F2N4O2/c1-2-28-9-10-29(23(28)31)20-6-3-15(4-7-20)22(30)27-21-8-5-16(14-26-21)17-11-18(24)13-19(25)12-17/h5,8,11-15,20H,2-4,6-7,9-10H2,1H3,(H,26,27,30). The third-order valence-corrected chi connectivity index (χ3v) is 6.23. The molecule has 2 heterocycles. The minimum Gasteiger partial charge on any atom is -0.323 e. The van der Waals surface area contributed by atoms with Gasteiger partial charge in [0.15, 0.2) is 0 Å². The molecular weight excluding hydrogens is 402 g/mol. The number of aromatic nitrogens is 1. The number of carbonyl (C=O) groups excluding carboxylic acids is 2. The van der Waals surface area contributed by atoms with Gasteiger partial charge in [-0.3, -0.25) is 4.79 Å². The van der Waals surface area contributed by atoms with Gasteiger partial charge in [0.25, 0.3) is 0 Å². The fourth-order valence-electron chi connectivity index (χ4n) is 4.47. The Hall–Kier alpha value is -3.03. The number of nitrogens with one attached hydrogen (secondary N) is 1. The van der Waals surface area contributed by atoms with E-state index >= 15 is 0 Å². The van der Waals surface area contributed by atoms with Crippen molar-refractivity contribution in [3.05, 3.63) is 48.2 Å². The predicted octanol–water partition coefficient (Wildman–Crippen LogP) is 4.28. The molecule has 1 saturated heterocycles. The molecule has 164 valence electrons. The Bertz CT molecular complexity index is 938. The Morgan fingerprint density at radius 1 is 1.06 bits per heavy atom. The van der Waals surface area contributed by atoms with Crippen LogP contribution in [0.15, 0.2) is 36.5 Å². The number of hydrogen-bond acceptors (Lipinski definition) is 3. The molecule has 1 aliphatic carbocycles. The third kappa shape index (κ3) is 4.68. The molecule has 0 radical (unpaired) electrons. The minimum atomic E-state index is -0.652. The lowest BCUT2D eigenvalue weighted by atomic mass is 9.85. The van der Waals surface area contributed by atoms with E-state index in [1.54, 1.807) is 12.1 Å². The van der Waals surface area contributed by atoms with Crippen molar-refractivity contribution in [1.82, 2.24) is 14.8 Å². The predicted molar refractivity (Wildman–Crippen MR) is 113 cm³/mol. The van der Waals surface area contributed by atoms with Gasteiger partial charge in [-0.05, 0) is 62.4 Å². The zero-order valence-electron chi connectivity index (χ0n) is 17.5. The molecule has 1 aromatic carbocycles. The summed E-state index contributed by atoms with van der Waals surface area (Å²) in [6.45, 7) is 4.26. The van der Waals surface area contributed by atoms with Crippen LogP contribution in [0.2, 0.25) is 0 Å². The zero-order valence-corrected chi connectivity index (χ0v) is 17.5. The molecule has 1 aromatic heterocycles. The molecular formula is C23H26F2N4O2. The summed E-state index contributed by atoms with van der Waals surface area (Å²) >= 11 is 0. The van der Waals surface area contributed by atoms with Crippen LogP contribution in [0.5, 0.6) is 0 Å². The number of urea groups is 1. The number of pyridine rings is 1. The number of benzene rings is 1. The number of nitrogens with zero attached hydrogens (tertiary/aromatic N) is 3. The van der Waals surface area contributed by atoms with Crippen LogP contribution in [0.3, 0.4) is 0 Å². The highest BCUT2D eigenvalue weighted by atomic mass is 19.1. The quantitative estimate of drug-likeness (QED) is 0.773. The third-order valence-electron chi connectivity index (χ3n) is 6.23. The molecule has 4 rings (SSSR count). The fraction of sp³-hybridized carbons (Fsp3) is 0.435. The summed E-state index contributed by atoms with van der Waals surface area (Å²) in [5, 5.41) is 2.84. The fourth-order valence-corrected chi connectivity index (χ4v) is 4.47. The van der Waals surface area contributed by atoms with E-state index < -0.39 is 11.6 Å². The van der Waals surface area contributed by atoms with Crippen molar-refractivity contribution in [3.8, 4) is 11.1 Å². The molecule has 31 heavy (non-hydrogen) atoms. The maximum absolute atomic E-state index is 13.4. The molecule has 6 nitrogen and oxygen atoms in total. The van der Waals surface area contributed by atoms with Crippen molar-refractivity contribution in [2.75, 3.05) is 25.0 Å². The highest BCUT2D eigenvalue weighted by Crippen LogP contribution is 2.30. The van der Waals surface area contributed by atoms with Crippen LogP contribution < -0.4 is 5.32 Å². The van der Waals surface area contributed by atoms with Crippen LogP contribution >= 0.6 is 0 Å².